The molecule has 1 N–H and O–H groups in total. The number of aliphatic hydroxyl groups is 1. The number of ether oxygens (including phenoxy) is 1. The van der Waals surface area contributed by atoms with E-state index in [1.165, 1.54) is 0 Å². The van der Waals surface area contributed by atoms with E-state index in [0.29, 0.717) is 19.6 Å². The molecule has 0 saturated carbocycles. The maximum absolute atomic E-state index is 9.60. The topological polar surface area (TPSA) is 47.3 Å². The third-order valence-electron chi connectivity index (χ3n) is 2.06. The van der Waals surface area contributed by atoms with E-state index in [1.807, 2.05) is 27.0 Å². The van der Waals surface area contributed by atoms with Crippen LogP contribution in [0.4, 0.5) is 0 Å². The highest BCUT2D eigenvalue weighted by Gasteiger charge is 2.09. The lowest BCUT2D eigenvalue weighted by atomic mass is 10.2. The van der Waals surface area contributed by atoms with E-state index in [1.54, 1.807) is 4.68 Å². The van der Waals surface area contributed by atoms with Gasteiger partial charge in [0.05, 0.1) is 18.4 Å². The summed E-state index contributed by atoms with van der Waals surface area (Å²) in [6.45, 7) is 4.89. The first-order chi connectivity index (χ1) is 6.63. The largest absolute Gasteiger partial charge is 0.390 e. The van der Waals surface area contributed by atoms with Crippen LogP contribution in [0.3, 0.4) is 0 Å². The summed E-state index contributed by atoms with van der Waals surface area (Å²) in [7, 11) is 1.88. The van der Waals surface area contributed by atoms with Crippen molar-refractivity contribution in [1.29, 1.82) is 0 Å². The van der Waals surface area contributed by atoms with E-state index < -0.39 is 6.10 Å². The Bertz CT molecular complexity index is 284. The van der Waals surface area contributed by atoms with Crippen molar-refractivity contribution >= 4 is 0 Å². The van der Waals surface area contributed by atoms with Crippen molar-refractivity contribution in [2.75, 3.05) is 13.2 Å². The molecule has 0 amide bonds. The molecule has 0 aliphatic rings. The predicted molar refractivity (Wildman–Crippen MR) is 54.1 cm³/mol. The summed E-state index contributed by atoms with van der Waals surface area (Å²) in [5.74, 6) is 0. The van der Waals surface area contributed by atoms with Gasteiger partial charge in [-0.3, -0.25) is 4.68 Å². The van der Waals surface area contributed by atoms with Gasteiger partial charge in [0, 0.05) is 25.8 Å². The van der Waals surface area contributed by atoms with E-state index in [0.717, 1.165) is 11.4 Å². The molecule has 4 nitrogen and oxygen atoms in total. The first-order valence-corrected chi connectivity index (χ1v) is 4.88. The van der Waals surface area contributed by atoms with E-state index in [4.69, 9.17) is 4.74 Å². The van der Waals surface area contributed by atoms with Crippen molar-refractivity contribution in [3.63, 3.8) is 0 Å². The zero-order valence-electron chi connectivity index (χ0n) is 9.03. The maximum Gasteiger partial charge on any atom is 0.0828 e. The van der Waals surface area contributed by atoms with Crippen LogP contribution in [0, 0.1) is 6.92 Å². The second kappa shape index (κ2) is 5.12. The summed E-state index contributed by atoms with van der Waals surface area (Å²) in [5, 5.41) is 13.8. The van der Waals surface area contributed by atoms with Crippen LogP contribution in [-0.4, -0.2) is 34.2 Å². The van der Waals surface area contributed by atoms with Crippen molar-refractivity contribution in [1.82, 2.24) is 9.78 Å². The zero-order valence-corrected chi connectivity index (χ0v) is 9.03. The summed E-state index contributed by atoms with van der Waals surface area (Å²) < 4.78 is 6.93. The third kappa shape index (κ3) is 3.12. The summed E-state index contributed by atoms with van der Waals surface area (Å²) in [6.07, 6.45) is 0.155. The van der Waals surface area contributed by atoms with Crippen LogP contribution in [0.25, 0.3) is 0 Å². The predicted octanol–water partition coefficient (Wildman–Crippen LogP) is 0.668. The quantitative estimate of drug-likeness (QED) is 0.756. The van der Waals surface area contributed by atoms with Crippen molar-refractivity contribution in [3.05, 3.63) is 17.5 Å². The standard InChI is InChI=1S/C10H18N2O2/c1-4-14-7-10(13)6-9-5-8(2)11-12(9)3/h5,10,13H,4,6-7H2,1-3H3. The lowest BCUT2D eigenvalue weighted by molar-refractivity contribution is 0.0420. The Kier molecular flexibility index (Phi) is 4.10. The molecule has 80 valence electrons. The Morgan fingerprint density at radius 1 is 1.64 bits per heavy atom. The first kappa shape index (κ1) is 11.2. The molecule has 0 spiro atoms. The number of hydrogen-bond donors (Lipinski definition) is 1. The molecule has 1 atom stereocenters. The van der Waals surface area contributed by atoms with Gasteiger partial charge in [0.25, 0.3) is 0 Å². The van der Waals surface area contributed by atoms with E-state index >= 15 is 0 Å². The second-order valence-corrected chi connectivity index (χ2v) is 3.42. The van der Waals surface area contributed by atoms with Crippen LogP contribution < -0.4 is 0 Å². The molecule has 1 aromatic rings. The van der Waals surface area contributed by atoms with Crippen LogP contribution in [0.1, 0.15) is 18.3 Å². The van der Waals surface area contributed by atoms with Crippen LogP contribution in [-0.2, 0) is 18.2 Å². The van der Waals surface area contributed by atoms with E-state index in [-0.39, 0.29) is 0 Å². The van der Waals surface area contributed by atoms with Gasteiger partial charge in [-0.05, 0) is 19.9 Å². The molecule has 0 bridgehead atoms. The molecule has 1 aromatic heterocycles. The fourth-order valence-electron chi connectivity index (χ4n) is 1.41. The molecule has 1 unspecified atom stereocenters. The van der Waals surface area contributed by atoms with Crippen LogP contribution >= 0.6 is 0 Å². The molecule has 0 fully saturated rings. The minimum absolute atomic E-state index is 0.390. The molecule has 1 rings (SSSR count). The number of aliphatic hydroxyl groups excluding tert-OH is 1. The monoisotopic (exact) mass is 198 g/mol. The van der Waals surface area contributed by atoms with Crippen LogP contribution in [0.15, 0.2) is 6.07 Å². The minimum atomic E-state index is -0.440. The van der Waals surface area contributed by atoms with Gasteiger partial charge in [0.1, 0.15) is 0 Å². The summed E-state index contributed by atoms with van der Waals surface area (Å²) in [6, 6.07) is 1.98. The van der Waals surface area contributed by atoms with Gasteiger partial charge in [0.2, 0.25) is 0 Å². The van der Waals surface area contributed by atoms with Gasteiger partial charge in [-0.1, -0.05) is 0 Å². The molecular formula is C10H18N2O2. The molecule has 0 aromatic carbocycles. The van der Waals surface area contributed by atoms with E-state index in [9.17, 15) is 5.11 Å². The van der Waals surface area contributed by atoms with Crippen LogP contribution in [0.2, 0.25) is 0 Å². The molecule has 4 heteroatoms. The average molecular weight is 198 g/mol. The Labute approximate surface area is 84.5 Å². The summed E-state index contributed by atoms with van der Waals surface area (Å²) in [5.41, 5.74) is 2.01. The number of rotatable bonds is 5. The van der Waals surface area contributed by atoms with Crippen molar-refractivity contribution in [2.24, 2.45) is 7.05 Å². The van der Waals surface area contributed by atoms with Crippen LogP contribution in [0.5, 0.6) is 0 Å². The number of aromatic nitrogens is 2. The summed E-state index contributed by atoms with van der Waals surface area (Å²) in [4.78, 5) is 0. The van der Waals surface area contributed by atoms with Gasteiger partial charge in [0.15, 0.2) is 0 Å². The number of aryl methyl sites for hydroxylation is 2. The van der Waals surface area contributed by atoms with Gasteiger partial charge < -0.3 is 9.84 Å². The van der Waals surface area contributed by atoms with E-state index in [2.05, 4.69) is 5.10 Å². The maximum atomic E-state index is 9.60. The van der Waals surface area contributed by atoms with Gasteiger partial charge in [-0.15, -0.1) is 0 Å². The highest BCUT2D eigenvalue weighted by Crippen LogP contribution is 2.05. The Balaban J connectivity index is 2.47. The Morgan fingerprint density at radius 3 is 2.86 bits per heavy atom. The molecule has 0 saturated heterocycles. The van der Waals surface area contributed by atoms with Gasteiger partial charge >= 0.3 is 0 Å². The SMILES string of the molecule is CCOCC(O)Cc1cc(C)nn1C. The van der Waals surface area contributed by atoms with Gasteiger partial charge in [-0.25, -0.2) is 0 Å². The molecule has 0 aliphatic carbocycles. The smallest absolute Gasteiger partial charge is 0.0828 e. The molecular weight excluding hydrogens is 180 g/mol. The van der Waals surface area contributed by atoms with Crippen molar-refractivity contribution in [2.45, 2.75) is 26.4 Å². The zero-order chi connectivity index (χ0) is 10.6. The molecule has 0 aliphatic heterocycles. The first-order valence-electron chi connectivity index (χ1n) is 4.88. The normalized spacial score (nSPS) is 13.1. The molecule has 0 radical (unpaired) electrons. The fraction of sp³-hybridized carbons (Fsp3) is 0.700. The highest BCUT2D eigenvalue weighted by molar-refractivity contribution is 5.09. The summed E-state index contributed by atoms with van der Waals surface area (Å²) >= 11 is 0. The lowest BCUT2D eigenvalue weighted by Crippen LogP contribution is -2.19. The second-order valence-electron chi connectivity index (χ2n) is 3.42. The highest BCUT2D eigenvalue weighted by atomic mass is 16.5. The van der Waals surface area contributed by atoms with Crippen molar-refractivity contribution < 1.29 is 9.84 Å². The average Bonchev–Trinajstić information content (AvgIpc) is 2.42. The Hall–Kier alpha value is -0.870. The third-order valence-corrected chi connectivity index (χ3v) is 2.06. The lowest BCUT2D eigenvalue weighted by Gasteiger charge is -2.09. The number of nitrogens with zero attached hydrogens (tertiary/aromatic N) is 2. The molecule has 14 heavy (non-hydrogen) atoms. The Morgan fingerprint density at radius 2 is 2.36 bits per heavy atom. The number of hydrogen-bond acceptors (Lipinski definition) is 3. The van der Waals surface area contributed by atoms with Gasteiger partial charge in [-0.2, -0.15) is 5.10 Å². The fourth-order valence-corrected chi connectivity index (χ4v) is 1.41. The minimum Gasteiger partial charge on any atom is -0.390 e. The molecule has 1 heterocycles. The van der Waals surface area contributed by atoms with Crippen molar-refractivity contribution in [3.8, 4) is 0 Å².